The van der Waals surface area contributed by atoms with Gasteiger partial charge in [-0.3, -0.25) is 4.79 Å². The first-order valence-electron chi connectivity index (χ1n) is 7.42. The van der Waals surface area contributed by atoms with Crippen LogP contribution in [0.25, 0.3) is 0 Å². The molecule has 0 heterocycles. The maximum absolute atomic E-state index is 12.3. The van der Waals surface area contributed by atoms with E-state index in [-0.39, 0.29) is 23.1 Å². The maximum atomic E-state index is 12.3. The van der Waals surface area contributed by atoms with Crippen LogP contribution in [-0.4, -0.2) is 18.9 Å². The number of hydrogen-bond donors (Lipinski definition) is 0. The quantitative estimate of drug-likeness (QED) is 0.480. The van der Waals surface area contributed by atoms with E-state index in [1.807, 2.05) is 37.3 Å². The van der Waals surface area contributed by atoms with E-state index >= 15 is 0 Å². The molecule has 0 aliphatic heterocycles. The lowest BCUT2D eigenvalue weighted by molar-refractivity contribution is -0.134. The average Bonchev–Trinajstić information content (AvgIpc) is 2.46. The second kappa shape index (κ2) is 6.30. The van der Waals surface area contributed by atoms with Crippen molar-refractivity contribution in [1.82, 2.24) is 0 Å². The number of carbonyl (C=O) groups is 2. The second-order valence-corrected chi connectivity index (χ2v) is 6.42. The van der Waals surface area contributed by atoms with Gasteiger partial charge in [-0.25, -0.2) is 4.79 Å². The van der Waals surface area contributed by atoms with Crippen molar-refractivity contribution in [3.8, 4) is 0 Å². The Labute approximate surface area is 131 Å². The Kier molecular flexibility index (Phi) is 4.65. The zero-order chi connectivity index (χ0) is 16.3. The van der Waals surface area contributed by atoms with Crippen molar-refractivity contribution in [2.24, 2.45) is 5.41 Å². The Hall–Kier alpha value is -2.16. The second-order valence-electron chi connectivity index (χ2n) is 6.42. The van der Waals surface area contributed by atoms with Crippen LogP contribution in [0.3, 0.4) is 0 Å². The Balaban J connectivity index is 2.36. The van der Waals surface area contributed by atoms with Crippen LogP contribution in [0.2, 0.25) is 0 Å². The van der Waals surface area contributed by atoms with Crippen LogP contribution in [-0.2, 0) is 9.53 Å². The molecule has 0 bridgehead atoms. The number of esters is 1. The molecule has 1 aliphatic carbocycles. The number of carbonyl (C=O) groups excluding carboxylic acids is 2. The summed E-state index contributed by atoms with van der Waals surface area (Å²) in [6.45, 7) is 6.07. The molecule has 1 aromatic carbocycles. The van der Waals surface area contributed by atoms with Gasteiger partial charge in [-0.1, -0.05) is 50.3 Å². The summed E-state index contributed by atoms with van der Waals surface area (Å²) in [5, 5.41) is 0. The van der Waals surface area contributed by atoms with Crippen LogP contribution in [0, 0.1) is 5.41 Å². The van der Waals surface area contributed by atoms with Crippen molar-refractivity contribution in [3.63, 3.8) is 0 Å². The summed E-state index contributed by atoms with van der Waals surface area (Å²) in [6.07, 6.45) is 6.00. The van der Waals surface area contributed by atoms with E-state index in [2.05, 4.69) is 24.7 Å². The minimum absolute atomic E-state index is 0.141. The molecule has 0 aromatic heterocycles. The highest BCUT2D eigenvalue weighted by molar-refractivity contribution is 5.99. The summed E-state index contributed by atoms with van der Waals surface area (Å²) < 4.78 is 4.63. The van der Waals surface area contributed by atoms with Gasteiger partial charge in [-0.05, 0) is 23.5 Å². The van der Waals surface area contributed by atoms with Gasteiger partial charge in [0.2, 0.25) is 0 Å². The monoisotopic (exact) mass is 298 g/mol. The molecule has 0 N–H and O–H groups in total. The molecule has 0 saturated heterocycles. The number of benzene rings is 1. The van der Waals surface area contributed by atoms with Gasteiger partial charge in [0.15, 0.2) is 5.78 Å². The lowest BCUT2D eigenvalue weighted by Crippen LogP contribution is -2.31. The molecule has 0 amide bonds. The summed E-state index contributed by atoms with van der Waals surface area (Å²) in [4.78, 5) is 23.5. The van der Waals surface area contributed by atoms with Crippen molar-refractivity contribution in [2.75, 3.05) is 7.11 Å². The standard InChI is InChI=1S/C19H22O3/c1-13(11-18(21)22-4)9-10-16-14-7-5-6-8-15(14)17(20)12-19(16,2)3/h5-11,16H,12H2,1-4H3/b10-9+,13-11-. The van der Waals surface area contributed by atoms with Crippen LogP contribution in [0.4, 0.5) is 0 Å². The number of ether oxygens (including phenoxy) is 1. The Morgan fingerprint density at radius 3 is 2.68 bits per heavy atom. The molecule has 22 heavy (non-hydrogen) atoms. The number of methoxy groups -OCH3 is 1. The molecule has 3 heteroatoms. The fourth-order valence-electron chi connectivity index (χ4n) is 2.97. The van der Waals surface area contributed by atoms with Crippen LogP contribution in [0.5, 0.6) is 0 Å². The van der Waals surface area contributed by atoms with Crippen LogP contribution >= 0.6 is 0 Å². The van der Waals surface area contributed by atoms with Crippen LogP contribution < -0.4 is 0 Å². The zero-order valence-corrected chi connectivity index (χ0v) is 13.6. The van der Waals surface area contributed by atoms with Gasteiger partial charge in [-0.15, -0.1) is 0 Å². The maximum Gasteiger partial charge on any atom is 0.330 e. The Bertz CT molecular complexity index is 650. The molecular weight excluding hydrogens is 276 g/mol. The largest absolute Gasteiger partial charge is 0.466 e. The van der Waals surface area contributed by atoms with E-state index in [1.54, 1.807) is 0 Å². The fraction of sp³-hybridized carbons (Fsp3) is 0.368. The van der Waals surface area contributed by atoms with Gasteiger partial charge in [-0.2, -0.15) is 0 Å². The van der Waals surface area contributed by atoms with E-state index in [0.717, 1.165) is 16.7 Å². The normalized spacial score (nSPS) is 20.8. The third kappa shape index (κ3) is 3.35. The number of allylic oxidation sites excluding steroid dienone is 3. The van der Waals surface area contributed by atoms with Crippen molar-refractivity contribution in [3.05, 3.63) is 59.2 Å². The molecule has 0 saturated carbocycles. The predicted molar refractivity (Wildman–Crippen MR) is 86.8 cm³/mol. The van der Waals surface area contributed by atoms with E-state index in [0.29, 0.717) is 6.42 Å². The topological polar surface area (TPSA) is 43.4 Å². The zero-order valence-electron chi connectivity index (χ0n) is 13.6. The first-order chi connectivity index (χ1) is 10.3. The minimum atomic E-state index is -0.361. The molecule has 116 valence electrons. The summed E-state index contributed by atoms with van der Waals surface area (Å²) in [7, 11) is 1.36. The van der Waals surface area contributed by atoms with E-state index in [9.17, 15) is 9.59 Å². The van der Waals surface area contributed by atoms with Crippen molar-refractivity contribution >= 4 is 11.8 Å². The summed E-state index contributed by atoms with van der Waals surface area (Å²) in [5.41, 5.74) is 2.56. The molecule has 2 rings (SSSR count). The van der Waals surface area contributed by atoms with E-state index in [1.165, 1.54) is 13.2 Å². The molecule has 1 atom stereocenters. The molecule has 1 unspecified atom stereocenters. The smallest absolute Gasteiger partial charge is 0.330 e. The van der Waals surface area contributed by atoms with E-state index < -0.39 is 0 Å². The number of fused-ring (bicyclic) bond motifs is 1. The molecule has 3 nitrogen and oxygen atoms in total. The summed E-state index contributed by atoms with van der Waals surface area (Å²) in [6, 6.07) is 7.77. The molecule has 1 aliphatic rings. The Morgan fingerprint density at radius 2 is 2.00 bits per heavy atom. The number of rotatable bonds is 3. The summed E-state index contributed by atoms with van der Waals surface area (Å²) in [5.74, 6) is -0.0184. The first kappa shape index (κ1) is 16.2. The average molecular weight is 298 g/mol. The third-order valence-corrected chi connectivity index (χ3v) is 4.15. The lowest BCUT2D eigenvalue weighted by atomic mass is 9.65. The molecule has 0 spiro atoms. The highest BCUT2D eigenvalue weighted by Gasteiger charge is 2.38. The van der Waals surface area contributed by atoms with Gasteiger partial charge < -0.3 is 4.74 Å². The van der Waals surface area contributed by atoms with Crippen LogP contribution in [0.15, 0.2) is 48.1 Å². The molecular formula is C19H22O3. The lowest BCUT2D eigenvalue weighted by Gasteiger charge is -2.37. The van der Waals surface area contributed by atoms with Crippen molar-refractivity contribution < 1.29 is 14.3 Å². The number of ketones is 1. The van der Waals surface area contributed by atoms with Gasteiger partial charge >= 0.3 is 5.97 Å². The SMILES string of the molecule is COC(=O)/C=C(C)\C=C\C1c2ccccc2C(=O)CC1(C)C. The fourth-order valence-corrected chi connectivity index (χ4v) is 2.97. The third-order valence-electron chi connectivity index (χ3n) is 4.15. The number of hydrogen-bond acceptors (Lipinski definition) is 3. The van der Waals surface area contributed by atoms with Gasteiger partial charge in [0.25, 0.3) is 0 Å². The molecule has 0 radical (unpaired) electrons. The Morgan fingerprint density at radius 1 is 1.32 bits per heavy atom. The summed E-state index contributed by atoms with van der Waals surface area (Å²) >= 11 is 0. The van der Waals surface area contributed by atoms with Gasteiger partial charge in [0, 0.05) is 24.0 Å². The highest BCUT2D eigenvalue weighted by Crippen LogP contribution is 2.45. The first-order valence-corrected chi connectivity index (χ1v) is 7.42. The highest BCUT2D eigenvalue weighted by atomic mass is 16.5. The number of Topliss-reactive ketones (excluding diaryl/α,β-unsaturated/α-hetero) is 1. The van der Waals surface area contributed by atoms with E-state index in [4.69, 9.17) is 0 Å². The van der Waals surface area contributed by atoms with Crippen LogP contribution in [0.1, 0.15) is 49.0 Å². The van der Waals surface area contributed by atoms with Gasteiger partial charge in [0.05, 0.1) is 7.11 Å². The molecule has 0 fully saturated rings. The van der Waals surface area contributed by atoms with Crippen molar-refractivity contribution in [1.29, 1.82) is 0 Å². The predicted octanol–water partition coefficient (Wildman–Crippen LogP) is 4.06. The molecule has 1 aromatic rings. The van der Waals surface area contributed by atoms with Gasteiger partial charge in [0.1, 0.15) is 0 Å². The van der Waals surface area contributed by atoms with Crippen molar-refractivity contribution in [2.45, 2.75) is 33.1 Å². The minimum Gasteiger partial charge on any atom is -0.466 e.